The van der Waals surface area contributed by atoms with Crippen molar-refractivity contribution < 1.29 is 17.7 Å². The molecule has 1 N–H and O–H groups in total. The van der Waals surface area contributed by atoms with E-state index >= 15 is 0 Å². The molecule has 144 valence electrons. The summed E-state index contributed by atoms with van der Waals surface area (Å²) in [6.07, 6.45) is 2.42. The number of aryl methyl sites for hydroxylation is 2. The smallest absolute Gasteiger partial charge is 0.248 e. The number of nitrogens with one attached hydrogen (secondary N) is 1. The molecule has 0 radical (unpaired) electrons. The lowest BCUT2D eigenvalue weighted by Gasteiger charge is -2.46. The van der Waals surface area contributed by atoms with Gasteiger partial charge in [0.1, 0.15) is 16.4 Å². The molecule has 0 aromatic carbocycles. The third-order valence-electron chi connectivity index (χ3n) is 5.84. The molecular weight excluding hydrogens is 356 g/mol. The highest BCUT2D eigenvalue weighted by molar-refractivity contribution is 7.89. The molecule has 0 bridgehead atoms. The molecule has 2 atom stereocenters. The van der Waals surface area contributed by atoms with E-state index in [-0.39, 0.29) is 16.7 Å². The molecule has 8 nitrogen and oxygen atoms in total. The maximum atomic E-state index is 13.1. The first-order valence-electron chi connectivity index (χ1n) is 8.83. The molecular formula is C17H26N4O4S. The van der Waals surface area contributed by atoms with Gasteiger partial charge in [-0.15, -0.1) is 0 Å². The highest BCUT2D eigenvalue weighted by Gasteiger charge is 2.46. The Bertz CT molecular complexity index is 807. The Morgan fingerprint density at radius 3 is 2.58 bits per heavy atom. The fraction of sp³-hybridized carbons (Fsp3) is 0.706. The second-order valence-corrected chi connectivity index (χ2v) is 9.64. The Labute approximate surface area is 154 Å². The van der Waals surface area contributed by atoms with Gasteiger partial charge in [0.15, 0.2) is 5.76 Å². The number of aromatic nitrogens is 1. The molecule has 26 heavy (non-hydrogen) atoms. The molecule has 3 heterocycles. The van der Waals surface area contributed by atoms with Crippen LogP contribution in [-0.2, 0) is 14.8 Å². The van der Waals surface area contributed by atoms with E-state index in [0.29, 0.717) is 43.2 Å². The van der Waals surface area contributed by atoms with Crippen LogP contribution in [0.1, 0.15) is 44.1 Å². The summed E-state index contributed by atoms with van der Waals surface area (Å²) in [5.41, 5.74) is -0.0276. The van der Waals surface area contributed by atoms with Gasteiger partial charge < -0.3 is 9.42 Å². The van der Waals surface area contributed by atoms with E-state index in [4.69, 9.17) is 9.93 Å². The Kier molecular flexibility index (Phi) is 4.72. The number of hydrogen-bond donors (Lipinski definition) is 1. The third-order valence-corrected chi connectivity index (χ3v) is 7.95. The van der Waals surface area contributed by atoms with Gasteiger partial charge in [-0.05, 0) is 38.0 Å². The van der Waals surface area contributed by atoms with Gasteiger partial charge in [-0.25, -0.2) is 8.42 Å². The van der Waals surface area contributed by atoms with Crippen molar-refractivity contribution in [1.29, 1.82) is 5.41 Å². The Balaban J connectivity index is 1.86. The van der Waals surface area contributed by atoms with Crippen LogP contribution in [0.3, 0.4) is 0 Å². The summed E-state index contributed by atoms with van der Waals surface area (Å²) in [6.45, 7) is 6.04. The monoisotopic (exact) mass is 382 g/mol. The minimum atomic E-state index is -3.69. The fourth-order valence-electron chi connectivity index (χ4n) is 4.17. The second kappa shape index (κ2) is 6.45. The van der Waals surface area contributed by atoms with Crippen LogP contribution in [-0.4, -0.2) is 54.7 Å². The van der Waals surface area contributed by atoms with Gasteiger partial charge in [0, 0.05) is 33.0 Å². The molecule has 9 heteroatoms. The number of carbonyl (C=O) groups is 1. The summed E-state index contributed by atoms with van der Waals surface area (Å²) >= 11 is 0. The lowest BCUT2D eigenvalue weighted by Crippen LogP contribution is -2.51. The summed E-state index contributed by atoms with van der Waals surface area (Å²) in [6, 6.07) is 0. The number of nitrogens with zero attached hydrogens (tertiary/aromatic N) is 3. The SMILES string of the molecule is Cc1noc(C)c1S(=O)(=O)N1CCCC([C@@]2(C)CC(=N)N(C)C(=O)C2)C1. The number of carbonyl (C=O) groups excluding carboxylic acids is 1. The molecule has 2 aliphatic heterocycles. The first kappa shape index (κ1) is 19.0. The maximum absolute atomic E-state index is 13.1. The highest BCUT2D eigenvalue weighted by atomic mass is 32.2. The van der Waals surface area contributed by atoms with Gasteiger partial charge in [-0.3, -0.25) is 10.2 Å². The minimum absolute atomic E-state index is 0.0319. The number of likely N-dealkylation sites (tertiary alicyclic amines) is 1. The molecule has 3 rings (SSSR count). The van der Waals surface area contributed by atoms with Crippen molar-refractivity contribution in [3.05, 3.63) is 11.5 Å². The predicted octanol–water partition coefficient (Wildman–Crippen LogP) is 1.93. The van der Waals surface area contributed by atoms with Gasteiger partial charge in [-0.1, -0.05) is 12.1 Å². The lowest BCUT2D eigenvalue weighted by atomic mass is 9.67. The Morgan fingerprint density at radius 1 is 1.31 bits per heavy atom. The van der Waals surface area contributed by atoms with Gasteiger partial charge in [0.2, 0.25) is 15.9 Å². The molecule has 1 amide bonds. The first-order chi connectivity index (χ1) is 12.1. The quantitative estimate of drug-likeness (QED) is 0.859. The standard InChI is InChI=1S/C17H26N4O4S/c1-11-16(12(2)25-19-11)26(23,24)21-7-5-6-13(10-21)17(3)8-14(18)20(4)15(22)9-17/h13,18H,5-10H2,1-4H3/t13?,17-/m0/s1. The number of hydrogen-bond acceptors (Lipinski definition) is 6. The van der Waals surface area contributed by atoms with Crippen molar-refractivity contribution in [3.8, 4) is 0 Å². The summed E-state index contributed by atoms with van der Waals surface area (Å²) in [7, 11) is -2.06. The molecule has 1 aromatic rings. The van der Waals surface area contributed by atoms with E-state index in [1.165, 1.54) is 9.21 Å². The largest absolute Gasteiger partial charge is 0.360 e. The number of sulfonamides is 1. The topological polar surface area (TPSA) is 108 Å². The zero-order chi connectivity index (χ0) is 19.3. The molecule has 2 saturated heterocycles. The van der Waals surface area contributed by atoms with Crippen molar-refractivity contribution >= 4 is 21.8 Å². The van der Waals surface area contributed by atoms with Crippen molar-refractivity contribution in [2.45, 2.75) is 51.3 Å². The molecule has 1 aromatic heterocycles. The molecule has 1 unspecified atom stereocenters. The predicted molar refractivity (Wildman–Crippen MR) is 95.3 cm³/mol. The van der Waals surface area contributed by atoms with Gasteiger partial charge in [-0.2, -0.15) is 4.31 Å². The average molecular weight is 382 g/mol. The van der Waals surface area contributed by atoms with Crippen LogP contribution in [0.25, 0.3) is 0 Å². The maximum Gasteiger partial charge on any atom is 0.248 e. The van der Waals surface area contributed by atoms with Crippen LogP contribution in [0.2, 0.25) is 0 Å². The van der Waals surface area contributed by atoms with Crippen LogP contribution < -0.4 is 0 Å². The third kappa shape index (κ3) is 3.07. The van der Waals surface area contributed by atoms with Crippen LogP contribution in [0.4, 0.5) is 0 Å². The number of rotatable bonds is 3. The summed E-state index contributed by atoms with van der Waals surface area (Å²) < 4.78 is 32.8. The van der Waals surface area contributed by atoms with Gasteiger partial charge in [0.25, 0.3) is 0 Å². The van der Waals surface area contributed by atoms with Crippen LogP contribution in [0.5, 0.6) is 0 Å². The zero-order valence-electron chi connectivity index (χ0n) is 15.7. The van der Waals surface area contributed by atoms with Crippen molar-refractivity contribution in [3.63, 3.8) is 0 Å². The van der Waals surface area contributed by atoms with Crippen LogP contribution >= 0.6 is 0 Å². The number of piperidine rings is 2. The van der Waals surface area contributed by atoms with E-state index in [2.05, 4.69) is 5.16 Å². The molecule has 0 saturated carbocycles. The van der Waals surface area contributed by atoms with Gasteiger partial charge >= 0.3 is 0 Å². The van der Waals surface area contributed by atoms with E-state index < -0.39 is 15.4 Å². The lowest BCUT2D eigenvalue weighted by molar-refractivity contribution is -0.131. The first-order valence-corrected chi connectivity index (χ1v) is 10.3. The summed E-state index contributed by atoms with van der Waals surface area (Å²) in [5, 5.41) is 11.9. The van der Waals surface area contributed by atoms with E-state index in [1.54, 1.807) is 20.9 Å². The normalized spacial score (nSPS) is 28.6. The molecule has 0 aliphatic carbocycles. The fourth-order valence-corrected chi connectivity index (χ4v) is 5.98. The Morgan fingerprint density at radius 2 is 2.00 bits per heavy atom. The minimum Gasteiger partial charge on any atom is -0.360 e. The van der Waals surface area contributed by atoms with Crippen molar-refractivity contribution in [1.82, 2.24) is 14.4 Å². The molecule has 2 fully saturated rings. The van der Waals surface area contributed by atoms with E-state index in [9.17, 15) is 13.2 Å². The highest BCUT2D eigenvalue weighted by Crippen LogP contribution is 2.44. The number of amidine groups is 1. The zero-order valence-corrected chi connectivity index (χ0v) is 16.5. The second-order valence-electron chi connectivity index (χ2n) is 7.76. The Hall–Kier alpha value is -1.74. The van der Waals surface area contributed by atoms with Crippen LogP contribution in [0, 0.1) is 30.6 Å². The van der Waals surface area contributed by atoms with Gasteiger partial charge in [0.05, 0.1) is 0 Å². The average Bonchev–Trinajstić information content (AvgIpc) is 2.92. The summed E-state index contributed by atoms with van der Waals surface area (Å²) in [4.78, 5) is 13.8. The van der Waals surface area contributed by atoms with E-state index in [1.807, 2.05) is 6.92 Å². The summed E-state index contributed by atoms with van der Waals surface area (Å²) in [5.74, 6) is 0.556. The van der Waals surface area contributed by atoms with Crippen LogP contribution in [0.15, 0.2) is 9.42 Å². The molecule has 0 spiro atoms. The number of amides is 1. The van der Waals surface area contributed by atoms with Crippen molar-refractivity contribution in [2.75, 3.05) is 20.1 Å². The van der Waals surface area contributed by atoms with Crippen molar-refractivity contribution in [2.24, 2.45) is 11.3 Å². The molecule has 2 aliphatic rings. The van der Waals surface area contributed by atoms with E-state index in [0.717, 1.165) is 12.8 Å².